The van der Waals surface area contributed by atoms with E-state index < -0.39 is 0 Å². The summed E-state index contributed by atoms with van der Waals surface area (Å²) < 4.78 is 6.87. The molecule has 1 aromatic heterocycles. The molecule has 0 fully saturated rings. The maximum absolute atomic E-state index is 5.01. The molecule has 0 aliphatic carbocycles. The lowest BCUT2D eigenvalue weighted by molar-refractivity contribution is 0.183. The fraction of sp³-hybridized carbons (Fsp3) is 0.636. The molecule has 94 valence electrons. The minimum Gasteiger partial charge on any atom is -0.383 e. The van der Waals surface area contributed by atoms with Crippen LogP contribution in [0.5, 0.6) is 0 Å². The van der Waals surface area contributed by atoms with Gasteiger partial charge in [0.1, 0.15) is 0 Å². The summed E-state index contributed by atoms with van der Waals surface area (Å²) in [5, 5.41) is 8.54. The standard InChI is InChI=1S/C11H18N4OS/c1-9-3-6-17-11(13-9)14-10-7-12-15(8-10)4-5-16-2/h7-9H,3-6H2,1-2H3,(H,13,14). The summed E-state index contributed by atoms with van der Waals surface area (Å²) in [5.41, 5.74) is 0.987. The van der Waals surface area contributed by atoms with Gasteiger partial charge in [-0.15, -0.1) is 0 Å². The van der Waals surface area contributed by atoms with E-state index in [0.29, 0.717) is 12.6 Å². The molecule has 1 N–H and O–H groups in total. The first-order valence-electron chi connectivity index (χ1n) is 5.77. The van der Waals surface area contributed by atoms with Gasteiger partial charge in [0.2, 0.25) is 0 Å². The number of nitrogens with one attached hydrogen (secondary N) is 1. The van der Waals surface area contributed by atoms with Gasteiger partial charge in [-0.05, 0) is 13.3 Å². The quantitative estimate of drug-likeness (QED) is 0.890. The van der Waals surface area contributed by atoms with E-state index in [0.717, 1.165) is 29.6 Å². The Morgan fingerprint density at radius 3 is 3.29 bits per heavy atom. The second-order valence-corrected chi connectivity index (χ2v) is 5.11. The summed E-state index contributed by atoms with van der Waals surface area (Å²) in [6.45, 7) is 3.59. The number of aromatic nitrogens is 2. The number of anilines is 1. The zero-order valence-corrected chi connectivity index (χ0v) is 11.0. The molecule has 1 unspecified atom stereocenters. The zero-order chi connectivity index (χ0) is 12.1. The third kappa shape index (κ3) is 3.74. The van der Waals surface area contributed by atoms with Crippen LogP contribution in [-0.4, -0.2) is 40.5 Å². The van der Waals surface area contributed by atoms with E-state index in [1.807, 2.05) is 17.1 Å². The van der Waals surface area contributed by atoms with Crippen molar-refractivity contribution >= 4 is 22.6 Å². The summed E-state index contributed by atoms with van der Waals surface area (Å²) in [6.07, 6.45) is 4.95. The lowest BCUT2D eigenvalue weighted by Gasteiger charge is -2.16. The van der Waals surface area contributed by atoms with Crippen molar-refractivity contribution < 1.29 is 4.74 Å². The van der Waals surface area contributed by atoms with Gasteiger partial charge in [-0.3, -0.25) is 9.67 Å². The van der Waals surface area contributed by atoms with Crippen molar-refractivity contribution in [2.24, 2.45) is 4.99 Å². The molecule has 0 amide bonds. The molecule has 2 rings (SSSR count). The Balaban J connectivity index is 1.92. The van der Waals surface area contributed by atoms with E-state index in [1.165, 1.54) is 0 Å². The Labute approximate surface area is 106 Å². The third-order valence-corrected chi connectivity index (χ3v) is 3.44. The van der Waals surface area contributed by atoms with Crippen molar-refractivity contribution in [1.29, 1.82) is 0 Å². The molecule has 1 aliphatic rings. The predicted octanol–water partition coefficient (Wildman–Crippen LogP) is 1.82. The SMILES string of the molecule is COCCn1cc(NC2=NC(C)CCS2)cn1. The monoisotopic (exact) mass is 254 g/mol. The number of nitrogens with zero attached hydrogens (tertiary/aromatic N) is 3. The maximum atomic E-state index is 5.01. The van der Waals surface area contributed by atoms with E-state index in [2.05, 4.69) is 22.3 Å². The number of thioether (sulfide) groups is 1. The van der Waals surface area contributed by atoms with Crippen LogP contribution in [-0.2, 0) is 11.3 Å². The number of aliphatic imine (C=N–C) groups is 1. The van der Waals surface area contributed by atoms with Crippen LogP contribution in [0, 0.1) is 0 Å². The summed E-state index contributed by atoms with van der Waals surface area (Å²) in [6, 6.07) is 0.419. The van der Waals surface area contributed by atoms with Crippen LogP contribution in [0.4, 0.5) is 5.69 Å². The molecule has 1 atom stereocenters. The smallest absolute Gasteiger partial charge is 0.161 e. The Bertz CT molecular complexity index is 391. The van der Waals surface area contributed by atoms with Gasteiger partial charge in [0.05, 0.1) is 31.1 Å². The summed E-state index contributed by atoms with van der Waals surface area (Å²) in [5.74, 6) is 1.13. The maximum Gasteiger partial charge on any atom is 0.161 e. The second-order valence-electron chi connectivity index (χ2n) is 4.03. The van der Waals surface area contributed by atoms with E-state index >= 15 is 0 Å². The van der Waals surface area contributed by atoms with Gasteiger partial charge in [-0.25, -0.2) is 0 Å². The van der Waals surface area contributed by atoms with Crippen molar-refractivity contribution in [3.05, 3.63) is 12.4 Å². The lowest BCUT2D eigenvalue weighted by Crippen LogP contribution is -2.17. The minimum absolute atomic E-state index is 0.419. The molecule has 0 aromatic carbocycles. The molecule has 0 spiro atoms. The highest BCUT2D eigenvalue weighted by atomic mass is 32.2. The zero-order valence-electron chi connectivity index (χ0n) is 10.2. The normalized spacial score (nSPS) is 20.1. The average Bonchev–Trinajstić information content (AvgIpc) is 2.74. The molecule has 0 saturated carbocycles. The number of methoxy groups -OCH3 is 1. The summed E-state index contributed by atoms with van der Waals surface area (Å²) >= 11 is 1.77. The first kappa shape index (κ1) is 12.4. The van der Waals surface area contributed by atoms with Crippen LogP contribution in [0.2, 0.25) is 0 Å². The number of rotatable bonds is 4. The summed E-state index contributed by atoms with van der Waals surface area (Å²) in [7, 11) is 1.69. The number of hydrogen-bond donors (Lipinski definition) is 1. The Morgan fingerprint density at radius 2 is 2.53 bits per heavy atom. The highest BCUT2D eigenvalue weighted by Gasteiger charge is 2.12. The first-order chi connectivity index (χ1) is 8.28. The largest absolute Gasteiger partial charge is 0.383 e. The van der Waals surface area contributed by atoms with Crippen LogP contribution in [0.3, 0.4) is 0 Å². The van der Waals surface area contributed by atoms with Gasteiger partial charge in [-0.1, -0.05) is 11.8 Å². The van der Waals surface area contributed by atoms with Gasteiger partial charge in [0.25, 0.3) is 0 Å². The first-order valence-corrected chi connectivity index (χ1v) is 6.75. The van der Waals surface area contributed by atoms with Gasteiger partial charge in [0.15, 0.2) is 5.17 Å². The van der Waals surface area contributed by atoms with Crippen LogP contribution >= 0.6 is 11.8 Å². The molecule has 0 saturated heterocycles. The lowest BCUT2D eigenvalue weighted by atomic mass is 10.3. The summed E-state index contributed by atoms with van der Waals surface area (Å²) in [4.78, 5) is 4.56. The van der Waals surface area contributed by atoms with Gasteiger partial charge >= 0.3 is 0 Å². The Hall–Kier alpha value is -1.01. The Kier molecular flexibility index (Phi) is 4.44. The fourth-order valence-electron chi connectivity index (χ4n) is 1.56. The topological polar surface area (TPSA) is 51.4 Å². The Morgan fingerprint density at radius 1 is 1.65 bits per heavy atom. The van der Waals surface area contributed by atoms with Crippen molar-refractivity contribution in [3.63, 3.8) is 0 Å². The minimum atomic E-state index is 0.419. The van der Waals surface area contributed by atoms with E-state index in [9.17, 15) is 0 Å². The van der Waals surface area contributed by atoms with Gasteiger partial charge in [0, 0.05) is 19.1 Å². The molecule has 1 aliphatic heterocycles. The second kappa shape index (κ2) is 6.07. The van der Waals surface area contributed by atoms with Crippen LogP contribution in [0.1, 0.15) is 13.3 Å². The molecule has 2 heterocycles. The van der Waals surface area contributed by atoms with Crippen LogP contribution in [0.15, 0.2) is 17.4 Å². The van der Waals surface area contributed by atoms with Gasteiger partial charge in [-0.2, -0.15) is 5.10 Å². The van der Waals surface area contributed by atoms with Gasteiger partial charge < -0.3 is 10.1 Å². The number of amidine groups is 1. The van der Waals surface area contributed by atoms with E-state index in [4.69, 9.17) is 4.74 Å². The van der Waals surface area contributed by atoms with Crippen LogP contribution < -0.4 is 5.32 Å². The molecule has 0 bridgehead atoms. The van der Waals surface area contributed by atoms with E-state index in [-0.39, 0.29) is 0 Å². The van der Waals surface area contributed by atoms with E-state index in [1.54, 1.807) is 18.9 Å². The van der Waals surface area contributed by atoms with Crippen LogP contribution in [0.25, 0.3) is 0 Å². The fourth-order valence-corrected chi connectivity index (χ4v) is 2.65. The molecule has 5 nitrogen and oxygen atoms in total. The molecular weight excluding hydrogens is 236 g/mol. The van der Waals surface area contributed by atoms with Crippen molar-refractivity contribution in [3.8, 4) is 0 Å². The highest BCUT2D eigenvalue weighted by Crippen LogP contribution is 2.19. The number of hydrogen-bond acceptors (Lipinski definition) is 5. The molecule has 6 heteroatoms. The average molecular weight is 254 g/mol. The molecule has 1 aromatic rings. The molecule has 0 radical (unpaired) electrons. The highest BCUT2D eigenvalue weighted by molar-refractivity contribution is 8.14. The number of ether oxygens (including phenoxy) is 1. The van der Waals surface area contributed by atoms with Crippen molar-refractivity contribution in [2.45, 2.75) is 25.9 Å². The predicted molar refractivity (Wildman–Crippen MR) is 71.7 cm³/mol. The van der Waals surface area contributed by atoms with Crippen molar-refractivity contribution in [1.82, 2.24) is 9.78 Å². The van der Waals surface area contributed by atoms with Crippen molar-refractivity contribution in [2.75, 3.05) is 24.8 Å². The molecular formula is C11H18N4OS. The third-order valence-electron chi connectivity index (χ3n) is 2.52. The molecule has 17 heavy (non-hydrogen) atoms.